The van der Waals surface area contributed by atoms with Crippen LogP contribution >= 0.6 is 0 Å². The predicted molar refractivity (Wildman–Crippen MR) is 191 cm³/mol. The number of methoxy groups -OCH3 is 2. The van der Waals surface area contributed by atoms with Gasteiger partial charge < -0.3 is 9.47 Å². The van der Waals surface area contributed by atoms with Gasteiger partial charge in [0.2, 0.25) is 0 Å². The van der Waals surface area contributed by atoms with Crippen molar-refractivity contribution in [2.75, 3.05) is 14.2 Å². The molecule has 4 nitrogen and oxygen atoms in total. The Balaban J connectivity index is 1.41. The van der Waals surface area contributed by atoms with E-state index in [0.29, 0.717) is 12.8 Å². The molecule has 0 bridgehead atoms. The van der Waals surface area contributed by atoms with Crippen LogP contribution in [0.3, 0.4) is 0 Å². The highest BCUT2D eigenvalue weighted by molar-refractivity contribution is 6.01. The normalized spacial score (nSPS) is 16.0. The van der Waals surface area contributed by atoms with E-state index in [1.165, 1.54) is 14.2 Å². The van der Waals surface area contributed by atoms with E-state index in [4.69, 9.17) is 9.47 Å². The second-order valence-electron chi connectivity index (χ2n) is 13.5. The molecule has 0 N–H and O–H groups in total. The Kier molecular flexibility index (Phi) is 6.38. The van der Waals surface area contributed by atoms with Crippen molar-refractivity contribution in [1.29, 1.82) is 0 Å². The molecule has 0 fully saturated rings. The fraction of sp³-hybridized carbons (Fsp3) is 0.156. The molecule has 0 spiro atoms. The Hall–Kier alpha value is -5.74. The molecule has 6 aromatic carbocycles. The van der Waals surface area contributed by atoms with Gasteiger partial charge in [-0.1, -0.05) is 146 Å². The third-order valence-corrected chi connectivity index (χ3v) is 11.5. The zero-order valence-corrected chi connectivity index (χ0v) is 27.4. The molecule has 0 aromatic heterocycles. The quantitative estimate of drug-likeness (QED) is 0.171. The van der Waals surface area contributed by atoms with Gasteiger partial charge in [-0.05, 0) is 79.6 Å². The summed E-state index contributed by atoms with van der Waals surface area (Å²) in [5.41, 5.74) is 9.00. The highest BCUT2D eigenvalue weighted by atomic mass is 16.5. The van der Waals surface area contributed by atoms with E-state index in [1.807, 2.05) is 48.5 Å². The molecule has 0 unspecified atom stereocenters. The molecule has 0 amide bonds. The van der Waals surface area contributed by atoms with Crippen LogP contribution in [0.15, 0.2) is 146 Å². The first-order valence-corrected chi connectivity index (χ1v) is 16.8. The first-order valence-electron chi connectivity index (χ1n) is 16.8. The maximum absolute atomic E-state index is 14.8. The van der Waals surface area contributed by atoms with Crippen LogP contribution in [-0.2, 0) is 35.3 Å². The molecule has 0 aliphatic heterocycles. The average Bonchev–Trinajstić information content (AvgIpc) is 3.73. The second-order valence-corrected chi connectivity index (χ2v) is 13.5. The summed E-state index contributed by atoms with van der Waals surface area (Å²) in [5, 5.41) is 0. The largest absolute Gasteiger partial charge is 0.468 e. The van der Waals surface area contributed by atoms with E-state index in [9.17, 15) is 9.59 Å². The standard InChI is InChI=1S/C45H34O4/c1-48-41(46)44(37-23-11-5-17-31(37)32-18-6-12-24-38(32)44)27-43(35-21-9-3-15-29(35)30-16-4-10-22-36(30)43)28-45(42(47)49-2)39-25-13-7-19-33(39)34-20-8-14-26-40(34)45/h3-26H,27-28H2,1-2H3. The molecule has 0 saturated heterocycles. The van der Waals surface area contributed by atoms with Crippen molar-refractivity contribution in [3.05, 3.63) is 179 Å². The van der Waals surface area contributed by atoms with Gasteiger partial charge in [-0.3, -0.25) is 9.59 Å². The lowest BCUT2D eigenvalue weighted by Crippen LogP contribution is -2.49. The number of hydrogen-bond acceptors (Lipinski definition) is 4. The molecule has 3 aliphatic carbocycles. The lowest BCUT2D eigenvalue weighted by Gasteiger charge is -2.45. The van der Waals surface area contributed by atoms with E-state index in [0.717, 1.165) is 66.8 Å². The fourth-order valence-electron chi connectivity index (χ4n) is 9.73. The molecule has 0 radical (unpaired) electrons. The van der Waals surface area contributed by atoms with Gasteiger partial charge in [0.05, 0.1) is 14.2 Å². The number of fused-ring (bicyclic) bond motifs is 9. The summed E-state index contributed by atoms with van der Waals surface area (Å²) in [7, 11) is 2.96. The number of ether oxygens (including phenoxy) is 2. The Morgan fingerprint density at radius 1 is 0.388 bits per heavy atom. The van der Waals surface area contributed by atoms with E-state index in [1.54, 1.807) is 0 Å². The molecular formula is C45H34O4. The van der Waals surface area contributed by atoms with Crippen molar-refractivity contribution in [2.45, 2.75) is 29.1 Å². The van der Waals surface area contributed by atoms with Crippen LogP contribution in [0.1, 0.15) is 46.2 Å². The summed E-state index contributed by atoms with van der Waals surface area (Å²) >= 11 is 0. The molecule has 49 heavy (non-hydrogen) atoms. The minimum atomic E-state index is -1.17. The van der Waals surface area contributed by atoms with Crippen LogP contribution in [0.4, 0.5) is 0 Å². The van der Waals surface area contributed by atoms with Crippen LogP contribution < -0.4 is 0 Å². The zero-order valence-electron chi connectivity index (χ0n) is 27.4. The molecule has 9 rings (SSSR count). The van der Waals surface area contributed by atoms with Crippen LogP contribution in [-0.4, -0.2) is 26.2 Å². The molecule has 3 aliphatic rings. The maximum Gasteiger partial charge on any atom is 0.320 e. The zero-order chi connectivity index (χ0) is 33.4. The van der Waals surface area contributed by atoms with Gasteiger partial charge in [0.25, 0.3) is 0 Å². The van der Waals surface area contributed by atoms with Crippen molar-refractivity contribution in [3.63, 3.8) is 0 Å². The van der Waals surface area contributed by atoms with Crippen LogP contribution in [0.5, 0.6) is 0 Å². The number of carbonyl (C=O) groups excluding carboxylic acids is 2. The topological polar surface area (TPSA) is 52.6 Å². The predicted octanol–water partition coefficient (Wildman–Crippen LogP) is 9.01. The number of rotatable bonds is 6. The van der Waals surface area contributed by atoms with Gasteiger partial charge in [0.15, 0.2) is 0 Å². The summed E-state index contributed by atoms with van der Waals surface area (Å²) in [5.74, 6) is -0.629. The molecule has 6 aromatic rings. The van der Waals surface area contributed by atoms with Crippen LogP contribution in [0.2, 0.25) is 0 Å². The Morgan fingerprint density at radius 2 is 0.612 bits per heavy atom. The summed E-state index contributed by atoms with van der Waals surface area (Å²) in [6.45, 7) is 0. The molecule has 4 heteroatoms. The van der Waals surface area contributed by atoms with Gasteiger partial charge in [-0.2, -0.15) is 0 Å². The summed E-state index contributed by atoms with van der Waals surface area (Å²) < 4.78 is 11.7. The molecule has 0 heterocycles. The third-order valence-electron chi connectivity index (χ3n) is 11.5. The van der Waals surface area contributed by atoms with Gasteiger partial charge in [-0.25, -0.2) is 0 Å². The molecule has 0 saturated carbocycles. The first-order chi connectivity index (χ1) is 24.0. The van der Waals surface area contributed by atoms with Crippen molar-refractivity contribution in [3.8, 4) is 33.4 Å². The van der Waals surface area contributed by atoms with Crippen molar-refractivity contribution in [1.82, 2.24) is 0 Å². The molecule has 238 valence electrons. The smallest absolute Gasteiger partial charge is 0.320 e. The third kappa shape index (κ3) is 3.69. The Bertz CT molecular complexity index is 2080. The average molecular weight is 639 g/mol. The summed E-state index contributed by atoms with van der Waals surface area (Å²) in [6, 6.07) is 49.8. The monoisotopic (exact) mass is 638 g/mol. The minimum Gasteiger partial charge on any atom is -0.468 e. The lowest BCUT2D eigenvalue weighted by molar-refractivity contribution is -0.147. The van der Waals surface area contributed by atoms with Crippen molar-refractivity contribution >= 4 is 11.9 Å². The molecule has 0 atom stereocenters. The summed E-state index contributed by atoms with van der Waals surface area (Å²) in [4.78, 5) is 29.6. The van der Waals surface area contributed by atoms with E-state index >= 15 is 0 Å². The summed E-state index contributed by atoms with van der Waals surface area (Å²) in [6.07, 6.45) is 0.690. The Morgan fingerprint density at radius 3 is 0.878 bits per heavy atom. The van der Waals surface area contributed by atoms with Crippen molar-refractivity contribution in [2.24, 2.45) is 0 Å². The fourth-order valence-corrected chi connectivity index (χ4v) is 9.73. The van der Waals surface area contributed by atoms with Gasteiger partial charge in [0, 0.05) is 5.41 Å². The SMILES string of the molecule is COC(=O)C1(CC2(CC3(C(=O)OC)c4ccccc4-c4ccccc43)c3ccccc3-c3ccccc32)c2ccccc2-c2ccccc21. The second kappa shape index (κ2) is 10.6. The van der Waals surface area contributed by atoms with Crippen molar-refractivity contribution < 1.29 is 19.1 Å². The lowest BCUT2D eigenvalue weighted by atomic mass is 9.56. The highest BCUT2D eigenvalue weighted by Crippen LogP contribution is 2.65. The van der Waals surface area contributed by atoms with Gasteiger partial charge >= 0.3 is 11.9 Å². The van der Waals surface area contributed by atoms with E-state index in [-0.39, 0.29) is 11.9 Å². The van der Waals surface area contributed by atoms with E-state index in [2.05, 4.69) is 97.1 Å². The first kappa shape index (κ1) is 29.4. The molecular weight excluding hydrogens is 604 g/mol. The Labute approximate surface area is 286 Å². The number of benzene rings is 6. The highest BCUT2D eigenvalue weighted by Gasteiger charge is 2.62. The number of hydrogen-bond donors (Lipinski definition) is 0. The van der Waals surface area contributed by atoms with Gasteiger partial charge in [0.1, 0.15) is 10.8 Å². The maximum atomic E-state index is 14.8. The van der Waals surface area contributed by atoms with Gasteiger partial charge in [-0.15, -0.1) is 0 Å². The van der Waals surface area contributed by atoms with Crippen LogP contribution in [0.25, 0.3) is 33.4 Å². The minimum absolute atomic E-state index is 0.314. The number of esters is 2. The van der Waals surface area contributed by atoms with Crippen LogP contribution in [0, 0.1) is 0 Å². The van der Waals surface area contributed by atoms with E-state index < -0.39 is 16.2 Å². The number of carbonyl (C=O) groups is 2.